The average molecular weight is 266 g/mol. The Morgan fingerprint density at radius 1 is 1.37 bits per heavy atom. The second-order valence-corrected chi connectivity index (χ2v) is 5.08. The van der Waals surface area contributed by atoms with Crippen molar-refractivity contribution in [2.24, 2.45) is 0 Å². The molecule has 1 atom stereocenters. The van der Waals surface area contributed by atoms with Crippen LogP contribution in [-0.2, 0) is 4.74 Å². The number of rotatable bonds is 2. The lowest BCUT2D eigenvalue weighted by atomic mass is 9.93. The number of allylic oxidation sites excluding steroid dienone is 1. The Balaban J connectivity index is 2.38. The average Bonchev–Trinajstić information content (AvgIpc) is 3.17. The molecule has 0 spiro atoms. The zero-order chi connectivity index (χ0) is 13.7. The van der Waals surface area contributed by atoms with Gasteiger partial charge >= 0.3 is 5.69 Å². The monoisotopic (exact) mass is 266 g/mol. The quantitative estimate of drug-likeness (QED) is 0.885. The van der Waals surface area contributed by atoms with Crippen LogP contribution in [0.1, 0.15) is 49.6 Å². The van der Waals surface area contributed by atoms with E-state index in [1.807, 2.05) is 0 Å². The molecular weight excluding hydrogens is 251 g/mol. The largest absolute Gasteiger partial charge is 0.375 e. The van der Waals surface area contributed by atoms with Crippen LogP contribution < -0.4 is 11.2 Å². The van der Waals surface area contributed by atoms with Gasteiger partial charge in [0.15, 0.2) is 0 Å². The van der Waals surface area contributed by atoms with Gasteiger partial charge < -0.3 is 4.74 Å². The third kappa shape index (κ3) is 1.78. The van der Waals surface area contributed by atoms with Crippen molar-refractivity contribution in [3.63, 3.8) is 0 Å². The molecule has 1 fully saturated rings. The fourth-order valence-electron chi connectivity index (χ4n) is 2.68. The summed E-state index contributed by atoms with van der Waals surface area (Å²) in [6.45, 7) is 1.57. The Morgan fingerprint density at radius 2 is 2.05 bits per heavy atom. The summed E-state index contributed by atoms with van der Waals surface area (Å²) in [7, 11) is 1.46. The summed E-state index contributed by atoms with van der Waals surface area (Å²) < 4.78 is 20.7. The molecule has 19 heavy (non-hydrogen) atoms. The molecular formula is C13H15FN2O3. The molecule has 1 unspecified atom stereocenters. The smallest absolute Gasteiger partial charge is 0.328 e. The summed E-state index contributed by atoms with van der Waals surface area (Å²) in [5.41, 5.74) is 0.119. The van der Waals surface area contributed by atoms with Gasteiger partial charge in [-0.05, 0) is 25.3 Å². The van der Waals surface area contributed by atoms with Crippen LogP contribution in [-0.4, -0.2) is 16.7 Å². The highest BCUT2D eigenvalue weighted by atomic mass is 19.1. The van der Waals surface area contributed by atoms with Gasteiger partial charge in [0.1, 0.15) is 11.9 Å². The molecule has 2 aliphatic carbocycles. The maximum absolute atomic E-state index is 13.9. The first-order chi connectivity index (χ1) is 9.04. The van der Waals surface area contributed by atoms with Crippen LogP contribution in [0.5, 0.6) is 0 Å². The fourth-order valence-corrected chi connectivity index (χ4v) is 2.68. The molecule has 1 saturated carbocycles. The number of hydrogen-bond donors (Lipinski definition) is 1. The van der Waals surface area contributed by atoms with Crippen molar-refractivity contribution in [2.45, 2.75) is 38.3 Å². The minimum atomic E-state index is -0.575. The Hall–Kier alpha value is -1.69. The summed E-state index contributed by atoms with van der Waals surface area (Å²) in [6.07, 6.45) is 1.31. The number of nitrogens with one attached hydrogen (secondary N) is 1. The van der Waals surface area contributed by atoms with E-state index >= 15 is 0 Å². The molecule has 5 nitrogen and oxygen atoms in total. The summed E-state index contributed by atoms with van der Waals surface area (Å²) in [5.74, 6) is -0.356. The van der Waals surface area contributed by atoms with Crippen molar-refractivity contribution in [2.75, 3.05) is 7.11 Å². The first-order valence-electron chi connectivity index (χ1n) is 6.31. The zero-order valence-electron chi connectivity index (χ0n) is 10.8. The fraction of sp³-hybridized carbons (Fsp3) is 0.538. The van der Waals surface area contributed by atoms with Gasteiger partial charge in [-0.2, -0.15) is 0 Å². The topological polar surface area (TPSA) is 64.1 Å². The number of hydrogen-bond acceptors (Lipinski definition) is 3. The standard InChI is InChI=1S/C13H15FN2O3/c1-6-8(14)5-9(19-2)11-10(6)12(17)15-13(18)16(11)7-3-4-7/h7,9H,3-5H2,1-2H3,(H,15,17,18). The summed E-state index contributed by atoms with van der Waals surface area (Å²) in [4.78, 5) is 26.2. The summed E-state index contributed by atoms with van der Waals surface area (Å²) in [5, 5.41) is 0. The van der Waals surface area contributed by atoms with Crippen molar-refractivity contribution in [3.05, 3.63) is 37.9 Å². The number of aromatic amines is 1. The van der Waals surface area contributed by atoms with E-state index in [2.05, 4.69) is 4.98 Å². The minimum absolute atomic E-state index is 0.0744. The SMILES string of the molecule is COC1CC(F)=C(C)c2c1n(C1CC1)c(=O)[nH]c2=O. The highest BCUT2D eigenvalue weighted by Crippen LogP contribution is 2.42. The number of halogens is 1. The lowest BCUT2D eigenvalue weighted by Crippen LogP contribution is -2.37. The highest BCUT2D eigenvalue weighted by Gasteiger charge is 2.36. The first kappa shape index (κ1) is 12.3. The number of fused-ring (bicyclic) bond motifs is 1. The van der Waals surface area contributed by atoms with E-state index in [1.165, 1.54) is 7.11 Å². The maximum Gasteiger partial charge on any atom is 0.328 e. The third-order valence-corrected chi connectivity index (χ3v) is 3.83. The van der Waals surface area contributed by atoms with Crippen LogP contribution in [0, 0.1) is 0 Å². The van der Waals surface area contributed by atoms with Gasteiger partial charge in [-0.25, -0.2) is 9.18 Å². The van der Waals surface area contributed by atoms with E-state index in [4.69, 9.17) is 4.74 Å². The molecule has 1 heterocycles. The molecule has 0 radical (unpaired) electrons. The molecule has 1 N–H and O–H groups in total. The molecule has 1 aromatic heterocycles. The number of methoxy groups -OCH3 is 1. The van der Waals surface area contributed by atoms with E-state index in [9.17, 15) is 14.0 Å². The predicted octanol–water partition coefficient (Wildman–Crippen LogP) is 1.66. The number of nitrogens with zero attached hydrogens (tertiary/aromatic N) is 1. The van der Waals surface area contributed by atoms with Crippen molar-refractivity contribution in [1.29, 1.82) is 0 Å². The molecule has 102 valence electrons. The molecule has 0 amide bonds. The Bertz CT molecular complexity index is 682. The van der Waals surface area contributed by atoms with Gasteiger partial charge in [0.25, 0.3) is 5.56 Å². The van der Waals surface area contributed by atoms with Gasteiger partial charge in [0, 0.05) is 19.6 Å². The molecule has 0 aromatic carbocycles. The van der Waals surface area contributed by atoms with Gasteiger partial charge in [-0.15, -0.1) is 0 Å². The molecule has 0 bridgehead atoms. The van der Waals surface area contributed by atoms with Gasteiger partial charge in [-0.1, -0.05) is 0 Å². The number of H-pyrrole nitrogens is 1. The molecule has 0 saturated heterocycles. The van der Waals surface area contributed by atoms with Crippen LogP contribution in [0.4, 0.5) is 4.39 Å². The van der Waals surface area contributed by atoms with E-state index < -0.39 is 17.4 Å². The minimum Gasteiger partial charge on any atom is -0.375 e. The van der Waals surface area contributed by atoms with Crippen LogP contribution >= 0.6 is 0 Å². The maximum atomic E-state index is 13.9. The molecule has 0 aliphatic heterocycles. The van der Waals surface area contributed by atoms with Crippen molar-refractivity contribution in [3.8, 4) is 0 Å². The van der Waals surface area contributed by atoms with Gasteiger partial charge in [0.2, 0.25) is 0 Å². The number of aromatic nitrogens is 2. The summed E-state index contributed by atoms with van der Waals surface area (Å²) in [6, 6.07) is 0.102. The van der Waals surface area contributed by atoms with Crippen molar-refractivity contribution >= 4 is 5.57 Å². The predicted molar refractivity (Wildman–Crippen MR) is 67.7 cm³/mol. The Morgan fingerprint density at radius 3 is 2.63 bits per heavy atom. The van der Waals surface area contributed by atoms with Crippen LogP contribution in [0.25, 0.3) is 5.57 Å². The Labute approximate surface area is 108 Å². The highest BCUT2D eigenvalue weighted by molar-refractivity contribution is 5.69. The normalized spacial score (nSPS) is 22.6. The third-order valence-electron chi connectivity index (χ3n) is 3.83. The van der Waals surface area contributed by atoms with E-state index in [0.717, 1.165) is 12.8 Å². The van der Waals surface area contributed by atoms with E-state index in [1.54, 1.807) is 11.5 Å². The lowest BCUT2D eigenvalue weighted by molar-refractivity contribution is 0.0884. The van der Waals surface area contributed by atoms with Crippen LogP contribution in [0.3, 0.4) is 0 Å². The van der Waals surface area contributed by atoms with Gasteiger partial charge in [0.05, 0.1) is 11.3 Å². The molecule has 1 aromatic rings. The van der Waals surface area contributed by atoms with Crippen LogP contribution in [0.2, 0.25) is 0 Å². The first-order valence-corrected chi connectivity index (χ1v) is 6.31. The lowest BCUT2D eigenvalue weighted by Gasteiger charge is -2.27. The Kier molecular flexibility index (Phi) is 2.70. The van der Waals surface area contributed by atoms with E-state index in [0.29, 0.717) is 11.3 Å². The van der Waals surface area contributed by atoms with Gasteiger partial charge in [-0.3, -0.25) is 14.3 Å². The van der Waals surface area contributed by atoms with Crippen molar-refractivity contribution in [1.82, 2.24) is 9.55 Å². The summed E-state index contributed by atoms with van der Waals surface area (Å²) >= 11 is 0. The number of ether oxygens (including phenoxy) is 1. The van der Waals surface area contributed by atoms with Crippen molar-refractivity contribution < 1.29 is 9.13 Å². The zero-order valence-corrected chi connectivity index (χ0v) is 10.8. The van der Waals surface area contributed by atoms with Crippen LogP contribution in [0.15, 0.2) is 15.4 Å². The molecule has 2 aliphatic rings. The molecule has 6 heteroatoms. The second-order valence-electron chi connectivity index (χ2n) is 5.08. The van der Waals surface area contributed by atoms with E-state index in [-0.39, 0.29) is 23.9 Å². The molecule has 3 rings (SSSR count). The second kappa shape index (κ2) is 4.16.